The Balaban J connectivity index is 1.74. The first-order valence-corrected chi connectivity index (χ1v) is 9.81. The van der Waals surface area contributed by atoms with Gasteiger partial charge in [0.1, 0.15) is 12.1 Å². The van der Waals surface area contributed by atoms with Crippen LogP contribution in [0.4, 0.5) is 0 Å². The first kappa shape index (κ1) is 18.9. The predicted octanol–water partition coefficient (Wildman–Crippen LogP) is 4.98. The summed E-state index contributed by atoms with van der Waals surface area (Å²) >= 11 is 10.9. The molecule has 1 aromatic heterocycles. The summed E-state index contributed by atoms with van der Waals surface area (Å²) in [6, 6.07) is 11.0. The van der Waals surface area contributed by atoms with Gasteiger partial charge in [-0.3, -0.25) is 9.36 Å². The van der Waals surface area contributed by atoms with E-state index < -0.39 is 0 Å². The van der Waals surface area contributed by atoms with Crippen molar-refractivity contribution in [3.05, 3.63) is 63.3 Å². The molecule has 134 valence electrons. The molecule has 0 unspecified atom stereocenters. The molecule has 5 nitrogen and oxygen atoms in total. The average molecular weight is 453 g/mol. The maximum atomic E-state index is 12.5. The smallest absolute Gasteiger partial charge is 0.196 e. The molecule has 0 aliphatic heterocycles. The number of aromatic nitrogens is 3. The van der Waals surface area contributed by atoms with Gasteiger partial charge in [-0.2, -0.15) is 0 Å². The van der Waals surface area contributed by atoms with Crippen LogP contribution in [-0.4, -0.2) is 33.4 Å². The van der Waals surface area contributed by atoms with Crippen molar-refractivity contribution in [3.63, 3.8) is 0 Å². The molecule has 0 bridgehead atoms. The molecule has 3 aromatic rings. The molecule has 0 spiro atoms. The van der Waals surface area contributed by atoms with E-state index in [0.29, 0.717) is 21.5 Å². The maximum absolute atomic E-state index is 12.5. The lowest BCUT2D eigenvalue weighted by atomic mass is 10.1. The summed E-state index contributed by atoms with van der Waals surface area (Å²) in [5.74, 6) is 0.928. The van der Waals surface area contributed by atoms with Crippen molar-refractivity contribution < 1.29 is 9.53 Å². The van der Waals surface area contributed by atoms with E-state index in [2.05, 4.69) is 26.1 Å². The molecule has 0 saturated heterocycles. The average Bonchev–Trinajstić information content (AvgIpc) is 3.10. The summed E-state index contributed by atoms with van der Waals surface area (Å²) in [6.07, 6.45) is 1.61. The third-order valence-corrected chi connectivity index (χ3v) is 5.73. The number of thioether (sulfide) groups is 1. The van der Waals surface area contributed by atoms with Crippen molar-refractivity contribution in [2.24, 2.45) is 0 Å². The van der Waals surface area contributed by atoms with E-state index in [9.17, 15) is 4.79 Å². The number of hydrogen-bond donors (Lipinski definition) is 0. The Kier molecular flexibility index (Phi) is 6.01. The molecule has 0 N–H and O–H groups in total. The number of benzene rings is 2. The fourth-order valence-electron chi connectivity index (χ4n) is 2.28. The van der Waals surface area contributed by atoms with Crippen molar-refractivity contribution in [1.82, 2.24) is 14.8 Å². The topological polar surface area (TPSA) is 57.0 Å². The second-order valence-electron chi connectivity index (χ2n) is 5.48. The molecule has 8 heteroatoms. The minimum Gasteiger partial charge on any atom is -0.496 e. The summed E-state index contributed by atoms with van der Waals surface area (Å²) in [6.45, 7) is 1.94. The number of Topliss-reactive ketones (excluding diaryl/α,β-unsaturated/α-hetero) is 1. The Morgan fingerprint density at radius 3 is 2.81 bits per heavy atom. The van der Waals surface area contributed by atoms with Crippen molar-refractivity contribution in [1.29, 1.82) is 0 Å². The molecule has 0 amide bonds. The number of methoxy groups -OCH3 is 1. The lowest BCUT2D eigenvalue weighted by molar-refractivity contribution is 0.102. The van der Waals surface area contributed by atoms with Gasteiger partial charge in [-0.05, 0) is 58.7 Å². The predicted molar refractivity (Wildman–Crippen MR) is 107 cm³/mol. The molecule has 2 aromatic carbocycles. The Labute approximate surface area is 168 Å². The van der Waals surface area contributed by atoms with Gasteiger partial charge in [0.2, 0.25) is 0 Å². The molecule has 0 fully saturated rings. The first-order chi connectivity index (χ1) is 12.5. The van der Waals surface area contributed by atoms with E-state index in [1.165, 1.54) is 11.8 Å². The van der Waals surface area contributed by atoms with Gasteiger partial charge in [-0.15, -0.1) is 10.2 Å². The van der Waals surface area contributed by atoms with Gasteiger partial charge in [0.05, 0.1) is 23.0 Å². The van der Waals surface area contributed by atoms with E-state index in [0.717, 1.165) is 15.7 Å². The van der Waals surface area contributed by atoms with Gasteiger partial charge in [-0.1, -0.05) is 29.4 Å². The molecule has 3 rings (SSSR count). The maximum Gasteiger partial charge on any atom is 0.196 e. The fraction of sp³-hybridized carbons (Fsp3) is 0.167. The lowest BCUT2D eigenvalue weighted by Crippen LogP contribution is -2.04. The van der Waals surface area contributed by atoms with Gasteiger partial charge in [-0.25, -0.2) is 0 Å². The number of ether oxygens (including phenoxy) is 1. The van der Waals surface area contributed by atoms with E-state index in [1.54, 1.807) is 31.6 Å². The minimum atomic E-state index is -0.00478. The number of hydrogen-bond acceptors (Lipinski definition) is 5. The molecular weight excluding hydrogens is 438 g/mol. The number of carbonyl (C=O) groups is 1. The standard InChI is InChI=1S/C18H15BrClN3O2S/c1-11-3-5-13(8-15(11)20)23-10-21-22-18(23)26-9-16(24)12-4-6-17(25-2)14(19)7-12/h3-8,10H,9H2,1-2H3. The van der Waals surface area contributed by atoms with E-state index in [-0.39, 0.29) is 11.5 Å². The number of nitrogens with zero attached hydrogens (tertiary/aromatic N) is 3. The molecular formula is C18H15BrClN3O2S. The van der Waals surface area contributed by atoms with Crippen LogP contribution in [0.15, 0.2) is 52.4 Å². The zero-order chi connectivity index (χ0) is 18.7. The molecule has 0 aliphatic carbocycles. The number of ketones is 1. The van der Waals surface area contributed by atoms with Gasteiger partial charge >= 0.3 is 0 Å². The second-order valence-corrected chi connectivity index (χ2v) is 7.68. The zero-order valence-electron chi connectivity index (χ0n) is 14.1. The molecule has 0 saturated carbocycles. The molecule has 0 atom stereocenters. The second kappa shape index (κ2) is 8.24. The number of carbonyl (C=O) groups excluding carboxylic acids is 1. The van der Waals surface area contributed by atoms with Crippen LogP contribution >= 0.6 is 39.3 Å². The first-order valence-electron chi connectivity index (χ1n) is 7.65. The van der Waals surface area contributed by atoms with Crippen LogP contribution in [0.2, 0.25) is 5.02 Å². The van der Waals surface area contributed by atoms with Gasteiger partial charge in [0.15, 0.2) is 10.9 Å². The minimum absolute atomic E-state index is 0.00478. The van der Waals surface area contributed by atoms with Gasteiger partial charge in [0.25, 0.3) is 0 Å². The molecule has 0 radical (unpaired) electrons. The molecule has 0 aliphatic rings. The van der Waals surface area contributed by atoms with E-state index in [1.807, 2.05) is 29.7 Å². The third kappa shape index (κ3) is 4.11. The fourth-order valence-corrected chi connectivity index (χ4v) is 3.82. The van der Waals surface area contributed by atoms with Crippen LogP contribution in [0.1, 0.15) is 15.9 Å². The van der Waals surface area contributed by atoms with Gasteiger partial charge < -0.3 is 4.74 Å². The van der Waals surface area contributed by atoms with Crippen molar-refractivity contribution >= 4 is 45.1 Å². The molecule has 1 heterocycles. The summed E-state index contributed by atoms with van der Waals surface area (Å²) in [5.41, 5.74) is 2.46. The van der Waals surface area contributed by atoms with Crippen molar-refractivity contribution in [2.45, 2.75) is 12.1 Å². The zero-order valence-corrected chi connectivity index (χ0v) is 17.2. The summed E-state index contributed by atoms with van der Waals surface area (Å²) in [5, 5.41) is 9.36. The summed E-state index contributed by atoms with van der Waals surface area (Å²) < 4.78 is 7.74. The Morgan fingerprint density at radius 2 is 2.12 bits per heavy atom. The SMILES string of the molecule is COc1ccc(C(=O)CSc2nncn2-c2ccc(C)c(Cl)c2)cc1Br. The van der Waals surface area contributed by atoms with Crippen LogP contribution in [0, 0.1) is 6.92 Å². The van der Waals surface area contributed by atoms with Crippen LogP contribution in [0.25, 0.3) is 5.69 Å². The Hall–Kier alpha value is -1.83. The lowest BCUT2D eigenvalue weighted by Gasteiger charge is -2.08. The number of rotatable bonds is 6. The number of aryl methyl sites for hydroxylation is 1. The highest BCUT2D eigenvalue weighted by Crippen LogP contribution is 2.27. The molecule has 26 heavy (non-hydrogen) atoms. The van der Waals surface area contributed by atoms with Crippen molar-refractivity contribution in [3.8, 4) is 11.4 Å². The van der Waals surface area contributed by atoms with Crippen LogP contribution in [0.3, 0.4) is 0 Å². The Morgan fingerprint density at radius 1 is 1.31 bits per heavy atom. The summed E-state index contributed by atoms with van der Waals surface area (Å²) in [7, 11) is 1.58. The normalized spacial score (nSPS) is 10.8. The number of halogens is 2. The Bertz CT molecular complexity index is 961. The van der Waals surface area contributed by atoms with E-state index in [4.69, 9.17) is 16.3 Å². The quantitative estimate of drug-likeness (QED) is 0.390. The highest BCUT2D eigenvalue weighted by molar-refractivity contribution is 9.10. The van der Waals surface area contributed by atoms with Crippen LogP contribution in [-0.2, 0) is 0 Å². The third-order valence-electron chi connectivity index (χ3n) is 3.76. The van der Waals surface area contributed by atoms with Gasteiger partial charge in [0, 0.05) is 10.6 Å². The largest absolute Gasteiger partial charge is 0.496 e. The summed E-state index contributed by atoms with van der Waals surface area (Å²) in [4.78, 5) is 12.5. The van der Waals surface area contributed by atoms with Crippen LogP contribution in [0.5, 0.6) is 5.75 Å². The monoisotopic (exact) mass is 451 g/mol. The van der Waals surface area contributed by atoms with Crippen molar-refractivity contribution in [2.75, 3.05) is 12.9 Å². The highest BCUT2D eigenvalue weighted by Gasteiger charge is 2.13. The van der Waals surface area contributed by atoms with Crippen LogP contribution < -0.4 is 4.74 Å². The highest BCUT2D eigenvalue weighted by atomic mass is 79.9. The van der Waals surface area contributed by atoms with E-state index >= 15 is 0 Å².